The molecule has 3 aromatic rings. The number of unbranched alkanes of at least 4 members (excludes halogenated alkanes) is 2. The summed E-state index contributed by atoms with van der Waals surface area (Å²) in [5.74, 6) is 2.46. The summed E-state index contributed by atoms with van der Waals surface area (Å²) in [6.07, 6.45) is 10.6. The van der Waals surface area contributed by atoms with E-state index in [9.17, 15) is 0 Å². The van der Waals surface area contributed by atoms with Crippen molar-refractivity contribution < 1.29 is 14.7 Å². The molecule has 1 aromatic heterocycles. The molecule has 3 N–H and O–H groups in total. The summed E-state index contributed by atoms with van der Waals surface area (Å²) in [6, 6.07) is 15.5. The van der Waals surface area contributed by atoms with Gasteiger partial charge in [-0.2, -0.15) is 0 Å². The minimum absolute atomic E-state index is 0.0333. The summed E-state index contributed by atoms with van der Waals surface area (Å²) in [7, 11) is 0. The molecule has 0 aliphatic heterocycles. The predicted octanol–water partition coefficient (Wildman–Crippen LogP) is 7.04. The van der Waals surface area contributed by atoms with Crippen LogP contribution < -0.4 is 15.0 Å². The van der Waals surface area contributed by atoms with E-state index in [-0.39, 0.29) is 5.84 Å². The fourth-order valence-corrected chi connectivity index (χ4v) is 5.79. The Morgan fingerprint density at radius 1 is 0.972 bits per heavy atom. The van der Waals surface area contributed by atoms with Crippen LogP contribution in [0.3, 0.4) is 0 Å². The number of hydroxylamine groups is 1. The number of nitrogens with zero attached hydrogens (tertiary/aromatic N) is 1. The molecule has 2 aromatic carbocycles. The highest BCUT2D eigenvalue weighted by Gasteiger charge is 2.20. The van der Waals surface area contributed by atoms with Gasteiger partial charge in [0.25, 0.3) is 0 Å². The number of thiazole rings is 1. The number of hydrogen-bond acceptors (Lipinski definition) is 6. The second kappa shape index (κ2) is 13.4. The van der Waals surface area contributed by atoms with Gasteiger partial charge in [-0.15, -0.1) is 11.3 Å². The fraction of sp³-hybridized carbons (Fsp3) is 0.448. The van der Waals surface area contributed by atoms with Gasteiger partial charge in [0.05, 0.1) is 23.9 Å². The molecule has 0 amide bonds. The molecule has 1 fully saturated rings. The smallest absolute Gasteiger partial charge is 0.149 e. The Balaban J connectivity index is 1.17. The fourth-order valence-electron chi connectivity index (χ4n) is 4.64. The standard InChI is InChI=1S/C29H37N3O3S/c1-2-27-31-28(26(36-27)20-21-8-4-5-9-21)22-10-14-24(15-11-22)34-18-6-3-7-19-35-25-16-12-23(13-17-25)29(30)32-33/h10-17,21,33H,2-9,18-20H2,1H3,(H2,30,32). The Kier molecular flexibility index (Phi) is 9.76. The first kappa shape index (κ1) is 26.2. The first-order valence-electron chi connectivity index (χ1n) is 13.1. The SMILES string of the molecule is CCc1nc(-c2ccc(OCCCCCOc3ccc(C(=N)NO)cc3)cc2)c(CC2CCCC2)s1. The van der Waals surface area contributed by atoms with E-state index in [1.165, 1.54) is 53.2 Å². The summed E-state index contributed by atoms with van der Waals surface area (Å²) in [5.41, 5.74) is 4.82. The van der Waals surface area contributed by atoms with Crippen LogP contribution in [0.25, 0.3) is 11.3 Å². The zero-order chi connectivity index (χ0) is 25.2. The lowest BCUT2D eigenvalue weighted by atomic mass is 10.0. The lowest BCUT2D eigenvalue weighted by Crippen LogP contribution is -2.18. The highest BCUT2D eigenvalue weighted by Crippen LogP contribution is 2.35. The van der Waals surface area contributed by atoms with E-state index < -0.39 is 0 Å². The summed E-state index contributed by atoms with van der Waals surface area (Å²) in [6.45, 7) is 3.52. The largest absolute Gasteiger partial charge is 0.494 e. The van der Waals surface area contributed by atoms with Gasteiger partial charge in [-0.05, 0) is 86.6 Å². The third-order valence-electron chi connectivity index (χ3n) is 6.70. The molecule has 36 heavy (non-hydrogen) atoms. The van der Waals surface area contributed by atoms with E-state index in [1.54, 1.807) is 24.3 Å². The molecule has 4 rings (SSSR count). The Hall–Kier alpha value is -2.90. The van der Waals surface area contributed by atoms with Crippen molar-refractivity contribution >= 4 is 17.2 Å². The molecule has 0 unspecified atom stereocenters. The predicted molar refractivity (Wildman–Crippen MR) is 146 cm³/mol. The molecule has 1 aliphatic rings. The zero-order valence-corrected chi connectivity index (χ0v) is 21.9. The molecule has 1 heterocycles. The van der Waals surface area contributed by atoms with Gasteiger partial charge < -0.3 is 9.47 Å². The molecule has 6 nitrogen and oxygen atoms in total. The Morgan fingerprint density at radius 3 is 2.17 bits per heavy atom. The van der Waals surface area contributed by atoms with Gasteiger partial charge in [-0.3, -0.25) is 16.1 Å². The van der Waals surface area contributed by atoms with E-state index in [0.717, 1.165) is 43.1 Å². The average molecular weight is 508 g/mol. The van der Waals surface area contributed by atoms with Crippen molar-refractivity contribution in [3.8, 4) is 22.8 Å². The third kappa shape index (κ3) is 7.31. The zero-order valence-electron chi connectivity index (χ0n) is 21.1. The van der Waals surface area contributed by atoms with Gasteiger partial charge in [0, 0.05) is 16.0 Å². The van der Waals surface area contributed by atoms with E-state index in [2.05, 4.69) is 31.2 Å². The number of benzene rings is 2. The van der Waals surface area contributed by atoms with Gasteiger partial charge in [0.2, 0.25) is 0 Å². The molecular formula is C29H37N3O3S. The summed E-state index contributed by atoms with van der Waals surface area (Å²) >= 11 is 1.90. The maximum absolute atomic E-state index is 8.78. The molecular weight excluding hydrogens is 470 g/mol. The van der Waals surface area contributed by atoms with Gasteiger partial charge in [0.1, 0.15) is 17.3 Å². The number of amidine groups is 1. The quantitative estimate of drug-likeness (QED) is 0.1000. The highest BCUT2D eigenvalue weighted by atomic mass is 32.1. The average Bonchev–Trinajstić information content (AvgIpc) is 3.58. The molecule has 0 saturated heterocycles. The molecule has 0 atom stereocenters. The summed E-state index contributed by atoms with van der Waals surface area (Å²) in [5, 5.41) is 17.5. The van der Waals surface area contributed by atoms with Gasteiger partial charge in [0.15, 0.2) is 0 Å². The third-order valence-corrected chi connectivity index (χ3v) is 7.92. The molecule has 0 bridgehead atoms. The first-order valence-corrected chi connectivity index (χ1v) is 13.9. The van der Waals surface area contributed by atoms with Gasteiger partial charge >= 0.3 is 0 Å². The number of hydrogen-bond donors (Lipinski definition) is 3. The Labute approximate surface area is 218 Å². The number of aromatic nitrogens is 1. The van der Waals surface area contributed by atoms with Crippen LogP contribution in [-0.4, -0.2) is 29.2 Å². The Morgan fingerprint density at radius 2 is 1.58 bits per heavy atom. The second-order valence-electron chi connectivity index (χ2n) is 9.38. The van der Waals surface area contributed by atoms with Crippen molar-refractivity contribution in [1.29, 1.82) is 5.41 Å². The van der Waals surface area contributed by atoms with E-state index in [4.69, 9.17) is 25.1 Å². The van der Waals surface area contributed by atoms with Crippen molar-refractivity contribution in [2.75, 3.05) is 13.2 Å². The van der Waals surface area contributed by atoms with Crippen LogP contribution in [0.5, 0.6) is 11.5 Å². The van der Waals surface area contributed by atoms with Gasteiger partial charge in [-0.1, -0.05) is 32.6 Å². The minimum Gasteiger partial charge on any atom is -0.494 e. The van der Waals surface area contributed by atoms with Crippen LogP contribution in [0.1, 0.15) is 67.3 Å². The van der Waals surface area contributed by atoms with Crippen molar-refractivity contribution in [2.45, 2.75) is 64.7 Å². The number of ether oxygens (including phenoxy) is 2. The minimum atomic E-state index is -0.0333. The number of nitrogens with one attached hydrogen (secondary N) is 2. The van der Waals surface area contributed by atoms with E-state index >= 15 is 0 Å². The molecule has 1 saturated carbocycles. The van der Waals surface area contributed by atoms with E-state index in [0.29, 0.717) is 18.8 Å². The van der Waals surface area contributed by atoms with Crippen LogP contribution >= 0.6 is 11.3 Å². The van der Waals surface area contributed by atoms with Crippen molar-refractivity contribution in [2.24, 2.45) is 5.92 Å². The first-order chi connectivity index (χ1) is 17.7. The summed E-state index contributed by atoms with van der Waals surface area (Å²) < 4.78 is 11.7. The molecule has 7 heteroatoms. The maximum atomic E-state index is 8.78. The van der Waals surface area contributed by atoms with Crippen molar-refractivity contribution in [1.82, 2.24) is 10.5 Å². The monoisotopic (exact) mass is 507 g/mol. The topological polar surface area (TPSA) is 87.5 Å². The molecule has 0 spiro atoms. The van der Waals surface area contributed by atoms with Crippen LogP contribution in [0.2, 0.25) is 0 Å². The number of aryl methyl sites for hydroxylation is 1. The summed E-state index contributed by atoms with van der Waals surface area (Å²) in [4.78, 5) is 6.41. The van der Waals surface area contributed by atoms with Gasteiger partial charge in [-0.25, -0.2) is 4.98 Å². The van der Waals surface area contributed by atoms with Crippen LogP contribution in [-0.2, 0) is 12.8 Å². The molecule has 1 aliphatic carbocycles. The van der Waals surface area contributed by atoms with Crippen molar-refractivity contribution in [3.63, 3.8) is 0 Å². The lowest BCUT2D eigenvalue weighted by Gasteiger charge is -2.10. The van der Waals surface area contributed by atoms with Crippen LogP contribution in [0, 0.1) is 11.3 Å². The number of rotatable bonds is 13. The Bertz CT molecular complexity index is 1090. The molecule has 192 valence electrons. The highest BCUT2D eigenvalue weighted by molar-refractivity contribution is 7.12. The van der Waals surface area contributed by atoms with Crippen LogP contribution in [0.4, 0.5) is 0 Å². The van der Waals surface area contributed by atoms with Crippen LogP contribution in [0.15, 0.2) is 48.5 Å². The normalized spacial score (nSPS) is 13.6. The lowest BCUT2D eigenvalue weighted by molar-refractivity contribution is 0.234. The second-order valence-corrected chi connectivity index (χ2v) is 10.5. The van der Waals surface area contributed by atoms with E-state index in [1.807, 2.05) is 16.8 Å². The van der Waals surface area contributed by atoms with Crippen molar-refractivity contribution in [3.05, 3.63) is 64.0 Å². The maximum Gasteiger partial charge on any atom is 0.149 e. The molecule has 0 radical (unpaired) electrons.